The number of quaternary nitrogens is 1. The SMILES string of the molecule is CC[NH+]1CCC[C@H]1CNC(=O)C1CCN(S(=O)(=O)c2ccc(F)cc2)CC1. The van der Waals surface area contributed by atoms with Crippen LogP contribution in [0.4, 0.5) is 4.39 Å². The Morgan fingerprint density at radius 3 is 2.52 bits per heavy atom. The molecule has 0 aliphatic carbocycles. The minimum absolute atomic E-state index is 0.0381. The molecule has 8 heteroatoms. The van der Waals surface area contributed by atoms with Crippen LogP contribution < -0.4 is 10.2 Å². The molecule has 2 aliphatic rings. The molecule has 2 aliphatic heterocycles. The number of likely N-dealkylation sites (N-methyl/N-ethyl adjacent to an activating group) is 1. The molecule has 3 rings (SSSR count). The first-order valence-corrected chi connectivity index (χ1v) is 11.2. The smallest absolute Gasteiger partial charge is 0.243 e. The quantitative estimate of drug-likeness (QED) is 0.729. The standard InChI is InChI=1S/C19H28FN3O3S/c1-2-22-11-3-4-17(22)14-21-19(24)15-9-12-23(13-10-15)27(25,26)18-7-5-16(20)6-8-18/h5-8,15,17H,2-4,9-14H2,1H3,(H,21,24)/p+1/t17-/m0/s1. The third kappa shape index (κ3) is 4.67. The van der Waals surface area contributed by atoms with E-state index < -0.39 is 15.8 Å². The van der Waals surface area contributed by atoms with E-state index in [-0.39, 0.29) is 16.7 Å². The van der Waals surface area contributed by atoms with Gasteiger partial charge < -0.3 is 10.2 Å². The van der Waals surface area contributed by atoms with Gasteiger partial charge >= 0.3 is 0 Å². The van der Waals surface area contributed by atoms with E-state index in [4.69, 9.17) is 0 Å². The fraction of sp³-hybridized carbons (Fsp3) is 0.632. The number of likely N-dealkylation sites (tertiary alicyclic amines) is 1. The molecular formula is C19H29FN3O3S+. The van der Waals surface area contributed by atoms with Crippen molar-refractivity contribution < 1.29 is 22.5 Å². The van der Waals surface area contributed by atoms with Gasteiger partial charge in [0.05, 0.1) is 24.5 Å². The maximum absolute atomic E-state index is 13.0. The average Bonchev–Trinajstić information content (AvgIpc) is 3.14. The van der Waals surface area contributed by atoms with E-state index in [9.17, 15) is 17.6 Å². The van der Waals surface area contributed by atoms with Crippen LogP contribution in [0.25, 0.3) is 0 Å². The van der Waals surface area contributed by atoms with Gasteiger partial charge in [0, 0.05) is 31.8 Å². The highest BCUT2D eigenvalue weighted by Crippen LogP contribution is 2.24. The van der Waals surface area contributed by atoms with Crippen LogP contribution in [-0.2, 0) is 14.8 Å². The second-order valence-electron chi connectivity index (χ2n) is 7.48. The van der Waals surface area contributed by atoms with Crippen molar-refractivity contribution in [2.75, 3.05) is 32.7 Å². The number of halogens is 1. The number of carbonyl (C=O) groups excluding carboxylic acids is 1. The summed E-state index contributed by atoms with van der Waals surface area (Å²) in [7, 11) is -3.63. The van der Waals surface area contributed by atoms with Crippen LogP contribution in [0.3, 0.4) is 0 Å². The van der Waals surface area contributed by atoms with E-state index in [0.29, 0.717) is 38.5 Å². The van der Waals surface area contributed by atoms with Crippen molar-refractivity contribution in [3.63, 3.8) is 0 Å². The molecule has 1 amide bonds. The molecule has 2 N–H and O–H groups in total. The second kappa shape index (κ2) is 8.67. The Bertz CT molecular complexity index is 746. The van der Waals surface area contributed by atoms with Gasteiger partial charge in [0.15, 0.2) is 0 Å². The van der Waals surface area contributed by atoms with Crippen molar-refractivity contribution in [1.82, 2.24) is 9.62 Å². The predicted molar refractivity (Wildman–Crippen MR) is 100 cm³/mol. The van der Waals surface area contributed by atoms with Gasteiger partial charge in [-0.3, -0.25) is 4.79 Å². The van der Waals surface area contributed by atoms with Crippen LogP contribution in [0.5, 0.6) is 0 Å². The number of hydrogen-bond donors (Lipinski definition) is 2. The van der Waals surface area contributed by atoms with Crippen LogP contribution in [0.2, 0.25) is 0 Å². The Labute approximate surface area is 160 Å². The van der Waals surface area contributed by atoms with Crippen molar-refractivity contribution >= 4 is 15.9 Å². The Balaban J connectivity index is 1.50. The molecule has 2 atom stereocenters. The molecule has 27 heavy (non-hydrogen) atoms. The summed E-state index contributed by atoms with van der Waals surface area (Å²) in [5.41, 5.74) is 0. The molecule has 0 spiro atoms. The molecule has 1 unspecified atom stereocenters. The molecule has 0 saturated carbocycles. The first-order chi connectivity index (χ1) is 12.9. The Morgan fingerprint density at radius 1 is 1.22 bits per heavy atom. The van der Waals surface area contributed by atoms with E-state index >= 15 is 0 Å². The molecule has 150 valence electrons. The summed E-state index contributed by atoms with van der Waals surface area (Å²) >= 11 is 0. The van der Waals surface area contributed by atoms with Crippen LogP contribution in [0, 0.1) is 11.7 Å². The minimum Gasteiger partial charge on any atom is -0.350 e. The molecular weight excluding hydrogens is 369 g/mol. The first-order valence-electron chi connectivity index (χ1n) is 9.80. The lowest BCUT2D eigenvalue weighted by Crippen LogP contribution is -3.14. The zero-order chi connectivity index (χ0) is 19.4. The lowest BCUT2D eigenvalue weighted by molar-refractivity contribution is -0.909. The zero-order valence-corrected chi connectivity index (χ0v) is 16.6. The van der Waals surface area contributed by atoms with Gasteiger partial charge in [-0.1, -0.05) is 0 Å². The number of carbonyl (C=O) groups is 1. The van der Waals surface area contributed by atoms with E-state index in [1.165, 1.54) is 29.4 Å². The normalized spacial score (nSPS) is 24.8. The summed E-state index contributed by atoms with van der Waals surface area (Å²) in [6, 6.07) is 5.37. The molecule has 0 aromatic heterocycles. The summed E-state index contributed by atoms with van der Waals surface area (Å²) in [5, 5.41) is 3.08. The van der Waals surface area contributed by atoms with Gasteiger partial charge in [-0.05, 0) is 44.0 Å². The van der Waals surface area contributed by atoms with E-state index in [2.05, 4.69) is 12.2 Å². The summed E-state index contributed by atoms with van der Waals surface area (Å²) in [4.78, 5) is 14.1. The molecule has 1 aromatic carbocycles. The third-order valence-electron chi connectivity index (χ3n) is 5.88. The number of rotatable bonds is 6. The highest BCUT2D eigenvalue weighted by molar-refractivity contribution is 7.89. The van der Waals surface area contributed by atoms with Gasteiger partial charge in [0.25, 0.3) is 0 Å². The Kier molecular flexibility index (Phi) is 6.49. The lowest BCUT2D eigenvalue weighted by atomic mass is 9.97. The molecule has 6 nitrogen and oxygen atoms in total. The van der Waals surface area contributed by atoms with Gasteiger partial charge in [-0.2, -0.15) is 4.31 Å². The van der Waals surface area contributed by atoms with Crippen LogP contribution in [-0.4, -0.2) is 57.4 Å². The van der Waals surface area contributed by atoms with Crippen LogP contribution in [0.15, 0.2) is 29.2 Å². The maximum atomic E-state index is 13.0. The van der Waals surface area contributed by atoms with E-state index in [1.807, 2.05) is 0 Å². The highest BCUT2D eigenvalue weighted by atomic mass is 32.2. The van der Waals surface area contributed by atoms with Crippen LogP contribution in [0.1, 0.15) is 32.6 Å². The van der Waals surface area contributed by atoms with Crippen molar-refractivity contribution in [3.05, 3.63) is 30.1 Å². The van der Waals surface area contributed by atoms with Crippen molar-refractivity contribution in [2.45, 2.75) is 43.5 Å². The van der Waals surface area contributed by atoms with E-state index in [1.54, 1.807) is 4.90 Å². The van der Waals surface area contributed by atoms with Crippen molar-refractivity contribution in [2.24, 2.45) is 5.92 Å². The summed E-state index contributed by atoms with van der Waals surface area (Å²) < 4.78 is 39.7. The molecule has 1 aromatic rings. The zero-order valence-electron chi connectivity index (χ0n) is 15.8. The van der Waals surface area contributed by atoms with Crippen molar-refractivity contribution in [3.8, 4) is 0 Å². The highest BCUT2D eigenvalue weighted by Gasteiger charge is 2.33. The molecule has 0 bridgehead atoms. The number of nitrogens with one attached hydrogen (secondary N) is 2. The summed E-state index contributed by atoms with van der Waals surface area (Å²) in [6.07, 6.45) is 3.39. The molecule has 2 heterocycles. The van der Waals surface area contributed by atoms with Crippen LogP contribution >= 0.6 is 0 Å². The second-order valence-corrected chi connectivity index (χ2v) is 9.42. The predicted octanol–water partition coefficient (Wildman–Crippen LogP) is 0.410. The number of benzene rings is 1. The minimum atomic E-state index is -3.63. The average molecular weight is 399 g/mol. The van der Waals surface area contributed by atoms with Gasteiger partial charge in [0.1, 0.15) is 11.9 Å². The number of hydrogen-bond acceptors (Lipinski definition) is 3. The monoisotopic (exact) mass is 398 g/mol. The van der Waals surface area contributed by atoms with E-state index in [0.717, 1.165) is 25.1 Å². The fourth-order valence-electron chi connectivity index (χ4n) is 4.18. The Hall–Kier alpha value is -1.51. The summed E-state index contributed by atoms with van der Waals surface area (Å²) in [6.45, 7) is 5.76. The molecule has 2 fully saturated rings. The largest absolute Gasteiger partial charge is 0.350 e. The van der Waals surface area contributed by atoms with Gasteiger partial charge in [-0.25, -0.2) is 12.8 Å². The number of amides is 1. The Morgan fingerprint density at radius 2 is 1.89 bits per heavy atom. The number of piperidine rings is 1. The topological polar surface area (TPSA) is 70.9 Å². The number of nitrogens with zero attached hydrogens (tertiary/aromatic N) is 1. The molecule has 2 saturated heterocycles. The summed E-state index contributed by atoms with van der Waals surface area (Å²) in [5.74, 6) is -0.567. The number of sulfonamides is 1. The third-order valence-corrected chi connectivity index (χ3v) is 7.79. The van der Waals surface area contributed by atoms with Gasteiger partial charge in [0.2, 0.25) is 15.9 Å². The van der Waals surface area contributed by atoms with Crippen molar-refractivity contribution in [1.29, 1.82) is 0 Å². The molecule has 0 radical (unpaired) electrons. The first kappa shape index (κ1) is 20.2. The fourth-order valence-corrected chi connectivity index (χ4v) is 5.65. The lowest BCUT2D eigenvalue weighted by Gasteiger charge is -2.31. The maximum Gasteiger partial charge on any atom is 0.243 e. The van der Waals surface area contributed by atoms with Gasteiger partial charge in [-0.15, -0.1) is 0 Å².